The second-order valence-electron chi connectivity index (χ2n) is 5.16. The van der Waals surface area contributed by atoms with Crippen LogP contribution in [0.1, 0.15) is 30.3 Å². The van der Waals surface area contributed by atoms with Crippen molar-refractivity contribution in [1.82, 2.24) is 20.1 Å². The van der Waals surface area contributed by atoms with Crippen LogP contribution in [0.4, 0.5) is 5.69 Å². The minimum Gasteiger partial charge on any atom is -0.376 e. The van der Waals surface area contributed by atoms with E-state index in [0.717, 1.165) is 30.9 Å². The number of likely N-dealkylation sites (tertiary alicyclic amines) is 1. The monoisotopic (exact) mass is 296 g/mol. The summed E-state index contributed by atoms with van der Waals surface area (Å²) in [5, 5.41) is 18.6. The van der Waals surface area contributed by atoms with E-state index in [9.17, 15) is 4.79 Å². The Hall–Kier alpha value is -2.88. The third-order valence-electron chi connectivity index (χ3n) is 3.78. The number of anilines is 1. The number of amides is 1. The fraction of sp³-hybridized carbons (Fsp3) is 0.333. The van der Waals surface area contributed by atoms with E-state index in [0.29, 0.717) is 5.56 Å². The molecule has 2 heterocycles. The van der Waals surface area contributed by atoms with Gasteiger partial charge in [-0.2, -0.15) is 10.4 Å². The molecule has 7 heteroatoms. The van der Waals surface area contributed by atoms with Crippen LogP contribution in [-0.2, 0) is 4.79 Å². The van der Waals surface area contributed by atoms with Gasteiger partial charge < -0.3 is 10.2 Å². The number of nitriles is 1. The average molecular weight is 296 g/mol. The smallest absolute Gasteiger partial charge is 0.242 e. The summed E-state index contributed by atoms with van der Waals surface area (Å²) >= 11 is 0. The number of H-pyrrole nitrogens is 1. The van der Waals surface area contributed by atoms with Gasteiger partial charge in [-0.05, 0) is 37.1 Å². The Morgan fingerprint density at radius 2 is 2.27 bits per heavy atom. The van der Waals surface area contributed by atoms with Crippen molar-refractivity contribution in [2.75, 3.05) is 18.4 Å². The second kappa shape index (κ2) is 6.26. The topological polar surface area (TPSA) is 97.7 Å². The van der Waals surface area contributed by atoms with Crippen LogP contribution < -0.4 is 5.32 Å². The molecule has 7 nitrogen and oxygen atoms in total. The Bertz CT molecular complexity index is 673. The molecule has 0 spiro atoms. The standard InChI is InChI=1S/C15H16N6O/c16-8-11-3-5-12(6-4-11)17-9-14(22)21-7-1-2-13(21)15-18-10-19-20-15/h3-6,10,13,17H,1-2,7,9H2,(H,18,19,20)/t13-/m0/s1. The molecule has 2 aromatic rings. The summed E-state index contributed by atoms with van der Waals surface area (Å²) in [5.41, 5.74) is 1.42. The molecule has 0 unspecified atom stereocenters. The van der Waals surface area contributed by atoms with Crippen molar-refractivity contribution in [2.24, 2.45) is 0 Å². The normalized spacial score (nSPS) is 17.2. The van der Waals surface area contributed by atoms with Gasteiger partial charge in [0, 0.05) is 12.2 Å². The number of benzene rings is 1. The lowest BCUT2D eigenvalue weighted by atomic mass is 10.2. The molecule has 1 aliphatic rings. The van der Waals surface area contributed by atoms with E-state index in [1.54, 1.807) is 24.3 Å². The van der Waals surface area contributed by atoms with Crippen molar-refractivity contribution in [2.45, 2.75) is 18.9 Å². The van der Waals surface area contributed by atoms with Crippen molar-refractivity contribution in [3.8, 4) is 6.07 Å². The zero-order valence-electron chi connectivity index (χ0n) is 12.0. The highest BCUT2D eigenvalue weighted by atomic mass is 16.2. The minimum atomic E-state index is -0.0160. The highest BCUT2D eigenvalue weighted by molar-refractivity contribution is 5.81. The fourth-order valence-electron chi connectivity index (χ4n) is 2.67. The molecule has 0 radical (unpaired) electrons. The molecular formula is C15H16N6O. The number of aromatic amines is 1. The van der Waals surface area contributed by atoms with Crippen LogP contribution in [0.25, 0.3) is 0 Å². The van der Waals surface area contributed by atoms with Crippen molar-refractivity contribution < 1.29 is 4.79 Å². The van der Waals surface area contributed by atoms with Gasteiger partial charge in [0.1, 0.15) is 12.2 Å². The van der Waals surface area contributed by atoms with Gasteiger partial charge in [-0.3, -0.25) is 9.89 Å². The molecule has 0 aliphatic carbocycles. The number of carbonyl (C=O) groups is 1. The van der Waals surface area contributed by atoms with E-state index in [2.05, 4.69) is 26.6 Å². The van der Waals surface area contributed by atoms with E-state index < -0.39 is 0 Å². The van der Waals surface area contributed by atoms with Gasteiger partial charge in [0.05, 0.1) is 24.2 Å². The van der Waals surface area contributed by atoms with Gasteiger partial charge in [-0.15, -0.1) is 0 Å². The summed E-state index contributed by atoms with van der Waals surface area (Å²) in [6.45, 7) is 0.954. The van der Waals surface area contributed by atoms with Gasteiger partial charge in [-0.25, -0.2) is 4.98 Å². The van der Waals surface area contributed by atoms with E-state index in [1.165, 1.54) is 6.33 Å². The first kappa shape index (κ1) is 14.1. The number of hydrogen-bond acceptors (Lipinski definition) is 5. The molecule has 0 bridgehead atoms. The first-order chi connectivity index (χ1) is 10.8. The first-order valence-electron chi connectivity index (χ1n) is 7.16. The Kier molecular flexibility index (Phi) is 4.01. The maximum absolute atomic E-state index is 12.4. The average Bonchev–Trinajstić information content (AvgIpc) is 3.23. The van der Waals surface area contributed by atoms with Crippen molar-refractivity contribution in [3.05, 3.63) is 42.0 Å². The third-order valence-corrected chi connectivity index (χ3v) is 3.78. The van der Waals surface area contributed by atoms with E-state index >= 15 is 0 Å². The summed E-state index contributed by atoms with van der Waals surface area (Å²) < 4.78 is 0. The van der Waals surface area contributed by atoms with Gasteiger partial charge in [0.2, 0.25) is 5.91 Å². The molecule has 1 atom stereocenters. The SMILES string of the molecule is N#Cc1ccc(NCC(=O)N2CCC[C@H]2c2ncn[nH]2)cc1. The zero-order chi connectivity index (χ0) is 15.4. The Labute approximate surface area is 128 Å². The van der Waals surface area contributed by atoms with Crippen LogP contribution in [0.5, 0.6) is 0 Å². The molecule has 112 valence electrons. The first-order valence-corrected chi connectivity index (χ1v) is 7.16. The molecule has 2 N–H and O–H groups in total. The third kappa shape index (κ3) is 2.91. The second-order valence-corrected chi connectivity index (χ2v) is 5.16. The predicted molar refractivity (Wildman–Crippen MR) is 79.7 cm³/mol. The maximum atomic E-state index is 12.4. The van der Waals surface area contributed by atoms with Gasteiger partial charge >= 0.3 is 0 Å². The van der Waals surface area contributed by atoms with Gasteiger partial charge in [0.15, 0.2) is 0 Å². The highest BCUT2D eigenvalue weighted by Crippen LogP contribution is 2.29. The van der Waals surface area contributed by atoms with Crippen LogP contribution in [0.3, 0.4) is 0 Å². The van der Waals surface area contributed by atoms with Crippen LogP contribution in [-0.4, -0.2) is 39.1 Å². The van der Waals surface area contributed by atoms with Gasteiger partial charge in [0.25, 0.3) is 0 Å². The maximum Gasteiger partial charge on any atom is 0.242 e. The Morgan fingerprint density at radius 1 is 1.45 bits per heavy atom. The summed E-state index contributed by atoms with van der Waals surface area (Å²) in [4.78, 5) is 18.4. The van der Waals surface area contributed by atoms with Crippen molar-refractivity contribution in [3.63, 3.8) is 0 Å². The number of aromatic nitrogens is 3. The summed E-state index contributed by atoms with van der Waals surface area (Å²) in [5.74, 6) is 0.771. The van der Waals surface area contributed by atoms with Crippen LogP contribution in [0, 0.1) is 11.3 Å². The quantitative estimate of drug-likeness (QED) is 0.890. The summed E-state index contributed by atoms with van der Waals surface area (Å²) in [7, 11) is 0. The largest absolute Gasteiger partial charge is 0.376 e. The van der Waals surface area contributed by atoms with E-state index in [4.69, 9.17) is 5.26 Å². The number of rotatable bonds is 4. The molecule has 22 heavy (non-hydrogen) atoms. The van der Waals surface area contributed by atoms with Crippen LogP contribution in [0.2, 0.25) is 0 Å². The fourth-order valence-corrected chi connectivity index (χ4v) is 2.67. The molecule has 1 saturated heterocycles. The number of carbonyl (C=O) groups excluding carboxylic acids is 1. The Balaban J connectivity index is 1.60. The number of nitrogens with zero attached hydrogens (tertiary/aromatic N) is 4. The molecule has 1 aromatic heterocycles. The molecule has 3 rings (SSSR count). The van der Waals surface area contributed by atoms with Crippen molar-refractivity contribution >= 4 is 11.6 Å². The summed E-state index contributed by atoms with van der Waals surface area (Å²) in [6.07, 6.45) is 3.33. The lowest BCUT2D eigenvalue weighted by Gasteiger charge is -2.23. The lowest BCUT2D eigenvalue weighted by molar-refractivity contribution is -0.130. The predicted octanol–water partition coefficient (Wildman–Crippen LogP) is 1.45. The number of hydrogen-bond donors (Lipinski definition) is 2. The van der Waals surface area contributed by atoms with Crippen molar-refractivity contribution in [1.29, 1.82) is 5.26 Å². The molecule has 1 aliphatic heterocycles. The van der Waals surface area contributed by atoms with E-state index in [-0.39, 0.29) is 18.5 Å². The zero-order valence-corrected chi connectivity index (χ0v) is 12.0. The molecule has 1 aromatic carbocycles. The van der Waals surface area contributed by atoms with Gasteiger partial charge in [-0.1, -0.05) is 0 Å². The number of nitrogens with one attached hydrogen (secondary N) is 2. The molecule has 1 amide bonds. The molecule has 0 saturated carbocycles. The minimum absolute atomic E-state index is 0.0160. The molecule has 1 fully saturated rings. The Morgan fingerprint density at radius 3 is 2.95 bits per heavy atom. The van der Waals surface area contributed by atoms with Crippen LogP contribution in [0.15, 0.2) is 30.6 Å². The lowest BCUT2D eigenvalue weighted by Crippen LogP contribution is -2.35. The van der Waals surface area contributed by atoms with Crippen LogP contribution >= 0.6 is 0 Å². The van der Waals surface area contributed by atoms with E-state index in [1.807, 2.05) is 4.90 Å². The highest BCUT2D eigenvalue weighted by Gasteiger charge is 2.31. The molecular weight excluding hydrogens is 280 g/mol. The summed E-state index contributed by atoms with van der Waals surface area (Å²) in [6, 6.07) is 9.09.